The largest absolute Gasteiger partial charge is 0.478 e. The molecule has 29 heavy (non-hydrogen) atoms. The van der Waals surface area contributed by atoms with Gasteiger partial charge >= 0.3 is 5.97 Å². The summed E-state index contributed by atoms with van der Waals surface area (Å²) < 4.78 is 7.76. The van der Waals surface area contributed by atoms with E-state index in [1.54, 1.807) is 24.7 Å². The standard InChI is InChI=1S/C22H24N4O3/c1-3-26-22-18(11-24-26)21(16-8-14(2)9-23-10-16)17(6-7-20(27)28)19(25-22)13-29-12-15-4-5-15/h6-11,15H,3-5,12-13H2,1-2H3,(H,27,28)/b7-6+. The van der Waals surface area contributed by atoms with Gasteiger partial charge in [0.2, 0.25) is 0 Å². The van der Waals surface area contributed by atoms with Crippen molar-refractivity contribution in [2.75, 3.05) is 6.61 Å². The van der Waals surface area contributed by atoms with Gasteiger partial charge in [0.05, 0.1) is 18.5 Å². The molecule has 0 aliphatic heterocycles. The molecule has 4 rings (SSSR count). The van der Waals surface area contributed by atoms with Gasteiger partial charge in [0.25, 0.3) is 0 Å². The maximum absolute atomic E-state index is 11.2. The highest BCUT2D eigenvalue weighted by atomic mass is 16.5. The van der Waals surface area contributed by atoms with E-state index in [1.807, 2.05) is 24.6 Å². The van der Waals surface area contributed by atoms with Crippen LogP contribution in [0, 0.1) is 12.8 Å². The van der Waals surface area contributed by atoms with Gasteiger partial charge in [0, 0.05) is 53.7 Å². The number of carbonyl (C=O) groups is 1. The average molecular weight is 392 g/mol. The number of rotatable bonds is 8. The number of pyridine rings is 2. The minimum absolute atomic E-state index is 0.326. The van der Waals surface area contributed by atoms with Crippen molar-refractivity contribution in [3.63, 3.8) is 0 Å². The van der Waals surface area contributed by atoms with E-state index in [-0.39, 0.29) is 0 Å². The van der Waals surface area contributed by atoms with Gasteiger partial charge in [-0.25, -0.2) is 14.5 Å². The number of hydrogen-bond donors (Lipinski definition) is 1. The van der Waals surface area contributed by atoms with Crippen LogP contribution < -0.4 is 0 Å². The SMILES string of the molecule is CCn1ncc2c(-c3cncc(C)c3)c(/C=C/C(=O)O)c(COCC3CC3)nc21. The Bertz CT molecular complexity index is 1080. The molecule has 1 N–H and O–H groups in total. The molecule has 3 aromatic rings. The topological polar surface area (TPSA) is 90.1 Å². The zero-order chi connectivity index (χ0) is 20.4. The van der Waals surface area contributed by atoms with E-state index in [0.29, 0.717) is 31.4 Å². The Morgan fingerprint density at radius 3 is 2.86 bits per heavy atom. The van der Waals surface area contributed by atoms with Crippen molar-refractivity contribution < 1.29 is 14.6 Å². The summed E-state index contributed by atoms with van der Waals surface area (Å²) in [5, 5.41) is 14.6. The first-order valence-corrected chi connectivity index (χ1v) is 9.86. The third-order valence-corrected chi connectivity index (χ3v) is 5.05. The summed E-state index contributed by atoms with van der Waals surface area (Å²) >= 11 is 0. The molecular formula is C22H24N4O3. The fraction of sp³-hybridized carbons (Fsp3) is 0.364. The van der Waals surface area contributed by atoms with E-state index in [1.165, 1.54) is 12.8 Å². The maximum atomic E-state index is 11.2. The Morgan fingerprint density at radius 2 is 2.17 bits per heavy atom. The Labute approximate surface area is 169 Å². The normalized spacial score (nSPS) is 14.1. The number of aryl methyl sites for hydroxylation is 2. The smallest absolute Gasteiger partial charge is 0.328 e. The lowest BCUT2D eigenvalue weighted by Gasteiger charge is -2.14. The molecule has 3 heterocycles. The minimum atomic E-state index is -1.01. The van der Waals surface area contributed by atoms with Crippen molar-refractivity contribution in [3.8, 4) is 11.1 Å². The van der Waals surface area contributed by atoms with Gasteiger partial charge in [0.1, 0.15) is 0 Å². The summed E-state index contributed by atoms with van der Waals surface area (Å²) in [6.07, 6.45) is 10.5. The van der Waals surface area contributed by atoms with Crippen molar-refractivity contribution in [3.05, 3.63) is 47.6 Å². The number of hydrogen-bond acceptors (Lipinski definition) is 5. The third kappa shape index (κ3) is 4.19. The van der Waals surface area contributed by atoms with Crippen LogP contribution in [-0.2, 0) is 22.7 Å². The molecular weight excluding hydrogens is 368 g/mol. The molecule has 0 saturated heterocycles. The fourth-order valence-corrected chi connectivity index (χ4v) is 3.44. The molecule has 0 radical (unpaired) electrons. The second kappa shape index (κ2) is 8.13. The molecule has 0 atom stereocenters. The second-order valence-corrected chi connectivity index (χ2v) is 7.43. The number of fused-ring (bicyclic) bond motifs is 1. The molecule has 0 amide bonds. The molecule has 3 aromatic heterocycles. The Hall–Kier alpha value is -3.06. The van der Waals surface area contributed by atoms with Crippen molar-refractivity contribution in [2.45, 2.75) is 39.8 Å². The fourth-order valence-electron chi connectivity index (χ4n) is 3.44. The first kappa shape index (κ1) is 19.3. The van der Waals surface area contributed by atoms with E-state index < -0.39 is 5.97 Å². The first-order valence-electron chi connectivity index (χ1n) is 9.86. The molecule has 1 fully saturated rings. The van der Waals surface area contributed by atoms with Crippen LogP contribution in [0.25, 0.3) is 28.2 Å². The van der Waals surface area contributed by atoms with Gasteiger partial charge in [-0.3, -0.25) is 4.98 Å². The zero-order valence-electron chi connectivity index (χ0n) is 16.6. The van der Waals surface area contributed by atoms with Crippen LogP contribution in [0.15, 0.2) is 30.7 Å². The van der Waals surface area contributed by atoms with Gasteiger partial charge in [-0.05, 0) is 50.3 Å². The molecule has 1 aliphatic rings. The lowest BCUT2D eigenvalue weighted by atomic mass is 9.96. The van der Waals surface area contributed by atoms with Gasteiger partial charge in [-0.1, -0.05) is 0 Å². The third-order valence-electron chi connectivity index (χ3n) is 5.05. The van der Waals surface area contributed by atoms with Gasteiger partial charge in [0.15, 0.2) is 5.65 Å². The van der Waals surface area contributed by atoms with Gasteiger partial charge in [-0.2, -0.15) is 5.10 Å². The van der Waals surface area contributed by atoms with E-state index in [9.17, 15) is 9.90 Å². The van der Waals surface area contributed by atoms with Crippen LogP contribution in [-0.4, -0.2) is 37.4 Å². The molecule has 0 unspecified atom stereocenters. The highest BCUT2D eigenvalue weighted by Crippen LogP contribution is 2.35. The van der Waals surface area contributed by atoms with Crippen LogP contribution in [0.5, 0.6) is 0 Å². The Kier molecular flexibility index (Phi) is 5.40. The zero-order valence-corrected chi connectivity index (χ0v) is 16.6. The van der Waals surface area contributed by atoms with E-state index in [0.717, 1.165) is 39.4 Å². The number of carboxylic acids is 1. The van der Waals surface area contributed by atoms with Crippen molar-refractivity contribution in [1.29, 1.82) is 0 Å². The quantitative estimate of drug-likeness (QED) is 0.586. The monoisotopic (exact) mass is 392 g/mol. The predicted molar refractivity (Wildman–Crippen MR) is 110 cm³/mol. The van der Waals surface area contributed by atoms with E-state index in [4.69, 9.17) is 9.72 Å². The van der Waals surface area contributed by atoms with Gasteiger partial charge < -0.3 is 9.84 Å². The molecule has 150 valence electrons. The highest BCUT2D eigenvalue weighted by molar-refractivity contribution is 5.99. The summed E-state index contributed by atoms with van der Waals surface area (Å²) in [6, 6.07) is 2.04. The number of aromatic nitrogens is 4. The van der Waals surface area contributed by atoms with Crippen LogP contribution in [0.4, 0.5) is 0 Å². The van der Waals surface area contributed by atoms with E-state index >= 15 is 0 Å². The molecule has 7 heteroatoms. The Balaban J connectivity index is 1.92. The van der Waals surface area contributed by atoms with Crippen LogP contribution in [0.1, 0.15) is 36.6 Å². The first-order chi connectivity index (χ1) is 14.1. The maximum Gasteiger partial charge on any atom is 0.328 e. The predicted octanol–water partition coefficient (Wildman–Crippen LogP) is 3.85. The summed E-state index contributed by atoms with van der Waals surface area (Å²) in [7, 11) is 0. The van der Waals surface area contributed by atoms with Crippen molar-refractivity contribution in [2.24, 2.45) is 5.92 Å². The number of aliphatic carboxylic acids is 1. The van der Waals surface area contributed by atoms with Crippen LogP contribution in [0.3, 0.4) is 0 Å². The van der Waals surface area contributed by atoms with Crippen LogP contribution in [0.2, 0.25) is 0 Å². The molecule has 0 aromatic carbocycles. The summed E-state index contributed by atoms with van der Waals surface area (Å²) in [5.41, 5.74) is 5.02. The molecule has 0 bridgehead atoms. The molecule has 1 saturated carbocycles. The summed E-state index contributed by atoms with van der Waals surface area (Å²) in [5.74, 6) is -0.370. The molecule has 0 spiro atoms. The molecule has 7 nitrogen and oxygen atoms in total. The lowest BCUT2D eigenvalue weighted by Crippen LogP contribution is -2.06. The summed E-state index contributed by atoms with van der Waals surface area (Å²) in [6.45, 7) is 5.72. The Morgan fingerprint density at radius 1 is 1.34 bits per heavy atom. The highest BCUT2D eigenvalue weighted by Gasteiger charge is 2.23. The lowest BCUT2D eigenvalue weighted by molar-refractivity contribution is -0.131. The summed E-state index contributed by atoms with van der Waals surface area (Å²) in [4.78, 5) is 20.4. The van der Waals surface area contributed by atoms with E-state index in [2.05, 4.69) is 10.1 Å². The second-order valence-electron chi connectivity index (χ2n) is 7.43. The van der Waals surface area contributed by atoms with Crippen molar-refractivity contribution in [1.82, 2.24) is 19.7 Å². The molecule has 1 aliphatic carbocycles. The van der Waals surface area contributed by atoms with Crippen LogP contribution >= 0.6 is 0 Å². The average Bonchev–Trinajstić information content (AvgIpc) is 3.43. The minimum Gasteiger partial charge on any atom is -0.478 e. The number of nitrogens with zero attached hydrogens (tertiary/aromatic N) is 4. The van der Waals surface area contributed by atoms with Gasteiger partial charge in [-0.15, -0.1) is 0 Å². The van der Waals surface area contributed by atoms with Crippen molar-refractivity contribution >= 4 is 23.1 Å². The number of ether oxygens (including phenoxy) is 1. The number of carboxylic acid groups (broad SMARTS) is 1.